The van der Waals surface area contributed by atoms with E-state index in [0.717, 1.165) is 0 Å². The Balaban J connectivity index is 2.57. The number of ether oxygens (including phenoxy) is 1. The molecule has 0 aromatic heterocycles. The first-order chi connectivity index (χ1) is 9.08. The molecule has 0 heterocycles. The first kappa shape index (κ1) is 14.7. The van der Waals surface area contributed by atoms with Crippen LogP contribution in [-0.2, 0) is 14.3 Å². The summed E-state index contributed by atoms with van der Waals surface area (Å²) in [5, 5.41) is 8.81. The summed E-state index contributed by atoms with van der Waals surface area (Å²) in [6.45, 7) is 0. The lowest BCUT2D eigenvalue weighted by Crippen LogP contribution is -2.26. The maximum absolute atomic E-state index is 11.9. The summed E-state index contributed by atoms with van der Waals surface area (Å²) in [6.07, 6.45) is 0.949. The molecule has 1 rings (SSSR count). The summed E-state index contributed by atoms with van der Waals surface area (Å²) < 4.78 is 4.51. The van der Waals surface area contributed by atoms with Crippen molar-refractivity contribution in [1.82, 2.24) is 0 Å². The number of amides is 1. The fraction of sp³-hybridized carbons (Fsp3) is 0.357. The first-order valence-electron chi connectivity index (χ1n) is 5.92. The quantitative estimate of drug-likeness (QED) is 0.758. The van der Waals surface area contributed by atoms with Crippen LogP contribution in [0.25, 0.3) is 0 Å². The van der Waals surface area contributed by atoms with Gasteiger partial charge >= 0.3 is 5.97 Å². The second kappa shape index (κ2) is 7.17. The molecule has 0 saturated heterocycles. The Kier molecular flexibility index (Phi) is 5.55. The van der Waals surface area contributed by atoms with Crippen molar-refractivity contribution in [2.24, 2.45) is 0 Å². The van der Waals surface area contributed by atoms with E-state index < -0.39 is 0 Å². The van der Waals surface area contributed by atoms with Crippen molar-refractivity contribution in [2.75, 3.05) is 19.1 Å². The summed E-state index contributed by atoms with van der Waals surface area (Å²) in [6, 6.07) is 8.85. The highest BCUT2D eigenvalue weighted by Crippen LogP contribution is 2.16. The minimum Gasteiger partial charge on any atom is -0.469 e. The molecule has 19 heavy (non-hydrogen) atoms. The van der Waals surface area contributed by atoms with Gasteiger partial charge in [0.05, 0.1) is 18.7 Å². The van der Waals surface area contributed by atoms with Gasteiger partial charge in [-0.25, -0.2) is 0 Å². The van der Waals surface area contributed by atoms with Gasteiger partial charge < -0.3 is 9.64 Å². The average molecular weight is 260 g/mol. The minimum atomic E-state index is -0.318. The highest BCUT2D eigenvalue weighted by molar-refractivity contribution is 5.93. The van der Waals surface area contributed by atoms with Crippen LogP contribution in [0, 0.1) is 11.3 Å². The highest BCUT2D eigenvalue weighted by atomic mass is 16.5. The van der Waals surface area contributed by atoms with Crippen molar-refractivity contribution in [2.45, 2.75) is 19.3 Å². The van der Waals surface area contributed by atoms with E-state index in [1.807, 2.05) is 6.07 Å². The number of rotatable bonds is 5. The molecule has 0 fully saturated rings. The van der Waals surface area contributed by atoms with Gasteiger partial charge in [0.15, 0.2) is 0 Å². The molecule has 0 bridgehead atoms. The summed E-state index contributed by atoms with van der Waals surface area (Å²) in [5.41, 5.74) is 1.17. The number of carbonyl (C=O) groups excluding carboxylic acids is 2. The van der Waals surface area contributed by atoms with Crippen molar-refractivity contribution in [3.63, 3.8) is 0 Å². The molecule has 0 aliphatic carbocycles. The smallest absolute Gasteiger partial charge is 0.305 e. The molecule has 0 atom stereocenters. The molecule has 100 valence electrons. The summed E-state index contributed by atoms with van der Waals surface area (Å²) in [7, 11) is 2.97. The number of hydrogen-bond donors (Lipinski definition) is 0. The summed E-state index contributed by atoms with van der Waals surface area (Å²) in [4.78, 5) is 24.3. The molecule has 0 N–H and O–H groups in total. The first-order valence-corrected chi connectivity index (χ1v) is 5.92. The number of benzene rings is 1. The minimum absolute atomic E-state index is 0.0982. The molecule has 0 unspecified atom stereocenters. The third-order valence-corrected chi connectivity index (χ3v) is 2.74. The van der Waals surface area contributed by atoms with Gasteiger partial charge in [-0.05, 0) is 24.6 Å². The lowest BCUT2D eigenvalue weighted by Gasteiger charge is -2.17. The van der Waals surface area contributed by atoms with E-state index in [1.165, 1.54) is 12.0 Å². The number of esters is 1. The lowest BCUT2D eigenvalue weighted by molar-refractivity contribution is -0.140. The van der Waals surface area contributed by atoms with Crippen molar-refractivity contribution in [3.8, 4) is 6.07 Å². The molecule has 0 spiro atoms. The Morgan fingerprint density at radius 2 is 2.11 bits per heavy atom. The molecule has 0 aliphatic rings. The Labute approximate surface area is 112 Å². The molecule has 1 aromatic carbocycles. The fourth-order valence-corrected chi connectivity index (χ4v) is 1.58. The number of nitriles is 1. The van der Waals surface area contributed by atoms with E-state index >= 15 is 0 Å². The Hall–Kier alpha value is -2.35. The zero-order valence-corrected chi connectivity index (χ0v) is 11.0. The van der Waals surface area contributed by atoms with Gasteiger partial charge in [0.1, 0.15) is 0 Å². The van der Waals surface area contributed by atoms with Crippen LogP contribution in [0.4, 0.5) is 5.69 Å². The van der Waals surface area contributed by atoms with Gasteiger partial charge in [-0.1, -0.05) is 6.07 Å². The molecular formula is C14H16N2O3. The summed E-state index contributed by atoms with van der Waals surface area (Å²) >= 11 is 0. The van der Waals surface area contributed by atoms with Gasteiger partial charge in [-0.3, -0.25) is 9.59 Å². The van der Waals surface area contributed by atoms with E-state index in [1.54, 1.807) is 31.3 Å². The Morgan fingerprint density at radius 1 is 1.37 bits per heavy atom. The molecule has 1 aromatic rings. The lowest BCUT2D eigenvalue weighted by atomic mass is 10.2. The van der Waals surface area contributed by atoms with Crippen LogP contribution < -0.4 is 4.90 Å². The van der Waals surface area contributed by atoms with Gasteiger partial charge in [-0.15, -0.1) is 0 Å². The Bertz CT molecular complexity index is 506. The van der Waals surface area contributed by atoms with Crippen molar-refractivity contribution >= 4 is 17.6 Å². The number of anilines is 1. The molecule has 0 aliphatic heterocycles. The zero-order chi connectivity index (χ0) is 14.3. The standard InChI is InChI=1S/C14H16N2O3/c1-16(12-6-3-5-11(9-12)10-15)13(17)7-4-8-14(18)19-2/h3,5-6,9H,4,7-8H2,1-2H3. The van der Waals surface area contributed by atoms with E-state index in [0.29, 0.717) is 17.7 Å². The number of hydrogen-bond acceptors (Lipinski definition) is 4. The van der Waals surface area contributed by atoms with Crippen LogP contribution in [0.5, 0.6) is 0 Å². The van der Waals surface area contributed by atoms with Gasteiger partial charge in [-0.2, -0.15) is 5.26 Å². The van der Waals surface area contributed by atoms with Crippen LogP contribution in [0.2, 0.25) is 0 Å². The molecule has 5 heteroatoms. The summed E-state index contributed by atoms with van der Waals surface area (Å²) in [5.74, 6) is -0.416. The van der Waals surface area contributed by atoms with E-state index in [-0.39, 0.29) is 24.7 Å². The number of methoxy groups -OCH3 is 1. The topological polar surface area (TPSA) is 70.4 Å². The second-order valence-electron chi connectivity index (χ2n) is 4.04. The maximum Gasteiger partial charge on any atom is 0.305 e. The van der Waals surface area contributed by atoms with E-state index in [9.17, 15) is 9.59 Å². The van der Waals surface area contributed by atoms with Crippen molar-refractivity contribution in [3.05, 3.63) is 29.8 Å². The van der Waals surface area contributed by atoms with E-state index in [4.69, 9.17) is 5.26 Å². The van der Waals surface area contributed by atoms with Crippen LogP contribution >= 0.6 is 0 Å². The van der Waals surface area contributed by atoms with Crippen LogP contribution in [0.15, 0.2) is 24.3 Å². The van der Waals surface area contributed by atoms with Crippen LogP contribution in [0.3, 0.4) is 0 Å². The van der Waals surface area contributed by atoms with Crippen LogP contribution in [0.1, 0.15) is 24.8 Å². The van der Waals surface area contributed by atoms with Gasteiger partial charge in [0.25, 0.3) is 0 Å². The molecule has 5 nitrogen and oxygen atoms in total. The van der Waals surface area contributed by atoms with E-state index in [2.05, 4.69) is 4.74 Å². The fourth-order valence-electron chi connectivity index (χ4n) is 1.58. The molecule has 0 saturated carbocycles. The van der Waals surface area contributed by atoms with Crippen molar-refractivity contribution < 1.29 is 14.3 Å². The largest absolute Gasteiger partial charge is 0.469 e. The predicted octanol–water partition coefficient (Wildman–Crippen LogP) is 1.86. The molecular weight excluding hydrogens is 244 g/mol. The van der Waals surface area contributed by atoms with Crippen LogP contribution in [-0.4, -0.2) is 26.0 Å². The third-order valence-electron chi connectivity index (χ3n) is 2.74. The normalized spacial score (nSPS) is 9.53. The molecule has 1 amide bonds. The van der Waals surface area contributed by atoms with Gasteiger partial charge in [0, 0.05) is 25.6 Å². The second-order valence-corrected chi connectivity index (χ2v) is 4.04. The Morgan fingerprint density at radius 3 is 2.74 bits per heavy atom. The third kappa shape index (κ3) is 4.43. The van der Waals surface area contributed by atoms with Gasteiger partial charge in [0.2, 0.25) is 5.91 Å². The SMILES string of the molecule is COC(=O)CCCC(=O)N(C)c1cccc(C#N)c1. The zero-order valence-electron chi connectivity index (χ0n) is 11.0. The predicted molar refractivity (Wildman–Crippen MR) is 70.4 cm³/mol. The molecule has 0 radical (unpaired) electrons. The highest BCUT2D eigenvalue weighted by Gasteiger charge is 2.12. The average Bonchev–Trinajstić information content (AvgIpc) is 2.46. The van der Waals surface area contributed by atoms with Crippen molar-refractivity contribution in [1.29, 1.82) is 5.26 Å². The monoisotopic (exact) mass is 260 g/mol. The maximum atomic E-state index is 11.9. The number of carbonyl (C=O) groups is 2. The number of nitrogens with zero attached hydrogens (tertiary/aromatic N) is 2.